The van der Waals surface area contributed by atoms with Gasteiger partial charge >= 0.3 is 0 Å². The molecule has 0 aliphatic heterocycles. The largest absolute Gasteiger partial charge is 0.390 e. The standard InChI is InChI=1S/C19H17N3O2/c23-17-10-13-8-4-5-9-14(13)18(17)20-19(24)16-11-15(21-22-16)12-6-2-1-3-7-12/h1-9,11,17-18,23H,10H2,(H,20,24)(H,21,22)/t17-,18+/m1/s1. The summed E-state index contributed by atoms with van der Waals surface area (Å²) in [5.74, 6) is -0.273. The number of aliphatic hydroxyl groups is 1. The van der Waals surface area contributed by atoms with Crippen molar-refractivity contribution < 1.29 is 9.90 Å². The average Bonchev–Trinajstić information content (AvgIpc) is 3.21. The minimum Gasteiger partial charge on any atom is -0.390 e. The number of nitrogens with zero attached hydrogens (tertiary/aromatic N) is 1. The Morgan fingerprint density at radius 3 is 2.71 bits per heavy atom. The van der Waals surface area contributed by atoms with Crippen LogP contribution in [0.4, 0.5) is 0 Å². The Bertz CT molecular complexity index is 873. The van der Waals surface area contributed by atoms with Gasteiger partial charge in [-0.25, -0.2) is 0 Å². The van der Waals surface area contributed by atoms with Crippen LogP contribution < -0.4 is 5.32 Å². The Morgan fingerprint density at radius 1 is 1.12 bits per heavy atom. The molecule has 1 heterocycles. The second-order valence-electron chi connectivity index (χ2n) is 5.95. The molecule has 0 radical (unpaired) electrons. The van der Waals surface area contributed by atoms with Gasteiger partial charge in [0.25, 0.3) is 5.91 Å². The van der Waals surface area contributed by atoms with Crippen LogP contribution in [-0.4, -0.2) is 27.3 Å². The molecule has 0 spiro atoms. The van der Waals surface area contributed by atoms with E-state index in [1.54, 1.807) is 6.07 Å². The van der Waals surface area contributed by atoms with E-state index in [0.717, 1.165) is 16.7 Å². The summed E-state index contributed by atoms with van der Waals surface area (Å²) in [7, 11) is 0. The zero-order valence-electron chi connectivity index (χ0n) is 12.9. The molecule has 3 N–H and O–H groups in total. The van der Waals surface area contributed by atoms with Gasteiger partial charge < -0.3 is 10.4 Å². The smallest absolute Gasteiger partial charge is 0.269 e. The number of H-pyrrole nitrogens is 1. The monoisotopic (exact) mass is 319 g/mol. The maximum absolute atomic E-state index is 12.5. The number of nitrogens with one attached hydrogen (secondary N) is 2. The van der Waals surface area contributed by atoms with Crippen molar-refractivity contribution in [3.05, 3.63) is 77.5 Å². The van der Waals surface area contributed by atoms with Crippen LogP contribution in [-0.2, 0) is 6.42 Å². The number of aromatic nitrogens is 2. The minimum absolute atomic E-state index is 0.273. The van der Waals surface area contributed by atoms with E-state index in [1.165, 1.54) is 0 Å². The lowest BCUT2D eigenvalue weighted by atomic mass is 10.1. The van der Waals surface area contributed by atoms with Crippen LogP contribution in [0.3, 0.4) is 0 Å². The lowest BCUT2D eigenvalue weighted by Crippen LogP contribution is -2.34. The van der Waals surface area contributed by atoms with Gasteiger partial charge in [-0.3, -0.25) is 9.89 Å². The van der Waals surface area contributed by atoms with Crippen molar-refractivity contribution in [3.63, 3.8) is 0 Å². The molecule has 3 aromatic rings. The van der Waals surface area contributed by atoms with Gasteiger partial charge in [0.05, 0.1) is 17.8 Å². The Morgan fingerprint density at radius 2 is 1.88 bits per heavy atom. The first-order valence-electron chi connectivity index (χ1n) is 7.90. The zero-order valence-corrected chi connectivity index (χ0v) is 12.9. The number of carbonyl (C=O) groups is 1. The third-order valence-electron chi connectivity index (χ3n) is 4.38. The predicted octanol–water partition coefficient (Wildman–Crippen LogP) is 2.46. The van der Waals surface area contributed by atoms with E-state index >= 15 is 0 Å². The molecule has 1 aromatic heterocycles. The van der Waals surface area contributed by atoms with Gasteiger partial charge in [-0.05, 0) is 17.2 Å². The highest BCUT2D eigenvalue weighted by molar-refractivity contribution is 5.93. The number of hydrogen-bond donors (Lipinski definition) is 3. The summed E-state index contributed by atoms with van der Waals surface area (Å²) in [5, 5.41) is 20.1. The van der Waals surface area contributed by atoms with Gasteiger partial charge in [0.2, 0.25) is 0 Å². The van der Waals surface area contributed by atoms with Gasteiger partial charge in [-0.15, -0.1) is 0 Å². The van der Waals surface area contributed by atoms with E-state index in [1.807, 2.05) is 54.6 Å². The minimum atomic E-state index is -0.608. The summed E-state index contributed by atoms with van der Waals surface area (Å²) in [6.45, 7) is 0. The first-order chi connectivity index (χ1) is 11.7. The topological polar surface area (TPSA) is 78.0 Å². The number of rotatable bonds is 3. The molecular formula is C19H17N3O2. The number of fused-ring (bicyclic) bond motifs is 1. The maximum atomic E-state index is 12.5. The lowest BCUT2D eigenvalue weighted by Gasteiger charge is -2.17. The summed E-state index contributed by atoms with van der Waals surface area (Å²) >= 11 is 0. The number of aromatic amines is 1. The molecule has 0 unspecified atom stereocenters. The fraction of sp³-hybridized carbons (Fsp3) is 0.158. The maximum Gasteiger partial charge on any atom is 0.269 e. The number of aliphatic hydroxyl groups excluding tert-OH is 1. The molecule has 4 rings (SSSR count). The van der Waals surface area contributed by atoms with Crippen LogP contribution >= 0.6 is 0 Å². The first kappa shape index (κ1) is 14.7. The number of hydrogen-bond acceptors (Lipinski definition) is 3. The summed E-state index contributed by atoms with van der Waals surface area (Å²) in [6, 6.07) is 18.8. The molecule has 1 amide bonds. The SMILES string of the molecule is O=C(N[C@H]1c2ccccc2C[C@H]1O)c1cc(-c2ccccc2)n[nH]1. The predicted molar refractivity (Wildman–Crippen MR) is 90.4 cm³/mol. The quantitative estimate of drug-likeness (QED) is 0.694. The molecule has 5 nitrogen and oxygen atoms in total. The van der Waals surface area contributed by atoms with E-state index in [-0.39, 0.29) is 5.91 Å². The summed E-state index contributed by atoms with van der Waals surface area (Å²) in [6.07, 6.45) is -0.0535. The number of benzene rings is 2. The molecule has 5 heteroatoms. The molecule has 24 heavy (non-hydrogen) atoms. The van der Waals surface area contributed by atoms with Gasteiger partial charge in [0, 0.05) is 12.0 Å². The molecule has 2 aromatic carbocycles. The second-order valence-corrected chi connectivity index (χ2v) is 5.95. The molecule has 0 fully saturated rings. The first-order valence-corrected chi connectivity index (χ1v) is 7.90. The summed E-state index contributed by atoms with van der Waals surface area (Å²) in [4.78, 5) is 12.5. The van der Waals surface area contributed by atoms with E-state index < -0.39 is 12.1 Å². The third kappa shape index (κ3) is 2.59. The average molecular weight is 319 g/mol. The fourth-order valence-electron chi connectivity index (χ4n) is 3.16. The van der Waals surface area contributed by atoms with Gasteiger partial charge in [-0.2, -0.15) is 5.10 Å². The van der Waals surface area contributed by atoms with Crippen molar-refractivity contribution in [3.8, 4) is 11.3 Å². The van der Waals surface area contributed by atoms with Crippen molar-refractivity contribution >= 4 is 5.91 Å². The number of carbonyl (C=O) groups excluding carboxylic acids is 1. The Hall–Kier alpha value is -2.92. The van der Waals surface area contributed by atoms with Crippen LogP contribution in [0.25, 0.3) is 11.3 Å². The van der Waals surface area contributed by atoms with Crippen molar-refractivity contribution in [1.82, 2.24) is 15.5 Å². The van der Waals surface area contributed by atoms with E-state index in [4.69, 9.17) is 0 Å². The van der Waals surface area contributed by atoms with Crippen molar-refractivity contribution in [2.24, 2.45) is 0 Å². The van der Waals surface area contributed by atoms with Crippen LogP contribution in [0.5, 0.6) is 0 Å². The molecule has 0 saturated heterocycles. The number of amides is 1. The van der Waals surface area contributed by atoms with Crippen LogP contribution in [0.1, 0.15) is 27.7 Å². The highest BCUT2D eigenvalue weighted by Gasteiger charge is 2.32. The second kappa shape index (κ2) is 5.94. The van der Waals surface area contributed by atoms with Crippen molar-refractivity contribution in [2.45, 2.75) is 18.6 Å². The van der Waals surface area contributed by atoms with Crippen LogP contribution in [0.2, 0.25) is 0 Å². The van der Waals surface area contributed by atoms with Gasteiger partial charge in [0.15, 0.2) is 0 Å². The van der Waals surface area contributed by atoms with Gasteiger partial charge in [-0.1, -0.05) is 54.6 Å². The summed E-state index contributed by atoms with van der Waals surface area (Å²) < 4.78 is 0. The van der Waals surface area contributed by atoms with E-state index in [2.05, 4.69) is 15.5 Å². The highest BCUT2D eigenvalue weighted by Crippen LogP contribution is 2.31. The van der Waals surface area contributed by atoms with Gasteiger partial charge in [0.1, 0.15) is 5.69 Å². The Balaban J connectivity index is 1.54. The summed E-state index contributed by atoms with van der Waals surface area (Å²) in [5.41, 5.74) is 4.09. The molecule has 1 aliphatic carbocycles. The molecular weight excluding hydrogens is 302 g/mol. The molecule has 0 saturated carbocycles. The lowest BCUT2D eigenvalue weighted by molar-refractivity contribution is 0.0853. The molecule has 0 bridgehead atoms. The fourth-order valence-corrected chi connectivity index (χ4v) is 3.16. The normalized spacial score (nSPS) is 19.0. The van der Waals surface area contributed by atoms with Crippen LogP contribution in [0.15, 0.2) is 60.7 Å². The Kier molecular flexibility index (Phi) is 3.63. The molecule has 120 valence electrons. The highest BCUT2D eigenvalue weighted by atomic mass is 16.3. The van der Waals surface area contributed by atoms with E-state index in [9.17, 15) is 9.90 Å². The van der Waals surface area contributed by atoms with Crippen molar-refractivity contribution in [2.75, 3.05) is 0 Å². The molecule has 2 atom stereocenters. The Labute approximate surface area is 139 Å². The van der Waals surface area contributed by atoms with E-state index in [0.29, 0.717) is 17.8 Å². The third-order valence-corrected chi connectivity index (χ3v) is 4.38. The molecule has 1 aliphatic rings. The van der Waals surface area contributed by atoms with Crippen molar-refractivity contribution in [1.29, 1.82) is 0 Å². The zero-order chi connectivity index (χ0) is 16.5. The van der Waals surface area contributed by atoms with Crippen LogP contribution in [0, 0.1) is 0 Å².